The summed E-state index contributed by atoms with van der Waals surface area (Å²) in [7, 11) is 0. The molecule has 0 radical (unpaired) electrons. The van der Waals surface area contributed by atoms with Crippen LogP contribution in [0.2, 0.25) is 0 Å². The van der Waals surface area contributed by atoms with E-state index in [0.29, 0.717) is 17.7 Å². The standard InChI is InChI=1S/C16H13F2NO/c17-13-6-5-12(15(18)9-13)10-19-8-7-11-3-1-2-4-14(11)16(19)20/h1-6,9H,7-8,10H2. The zero-order valence-electron chi connectivity index (χ0n) is 10.8. The van der Waals surface area contributed by atoms with Crippen molar-refractivity contribution in [1.29, 1.82) is 0 Å². The van der Waals surface area contributed by atoms with E-state index in [0.717, 1.165) is 18.1 Å². The molecule has 2 aromatic carbocycles. The van der Waals surface area contributed by atoms with Gasteiger partial charge >= 0.3 is 0 Å². The first kappa shape index (κ1) is 12.8. The predicted octanol–water partition coefficient (Wildman–Crippen LogP) is 3.16. The van der Waals surface area contributed by atoms with E-state index in [-0.39, 0.29) is 12.5 Å². The molecule has 0 fully saturated rings. The highest BCUT2D eigenvalue weighted by Crippen LogP contribution is 2.21. The molecule has 20 heavy (non-hydrogen) atoms. The van der Waals surface area contributed by atoms with E-state index in [1.807, 2.05) is 18.2 Å². The average molecular weight is 273 g/mol. The van der Waals surface area contributed by atoms with Gasteiger partial charge in [0.2, 0.25) is 0 Å². The molecule has 0 N–H and O–H groups in total. The van der Waals surface area contributed by atoms with Crippen LogP contribution in [0.5, 0.6) is 0 Å². The molecule has 102 valence electrons. The summed E-state index contributed by atoms with van der Waals surface area (Å²) < 4.78 is 26.5. The molecule has 0 unspecified atom stereocenters. The summed E-state index contributed by atoms with van der Waals surface area (Å²) in [5.41, 5.74) is 2.02. The number of amides is 1. The molecule has 4 heteroatoms. The van der Waals surface area contributed by atoms with Gasteiger partial charge in [-0.05, 0) is 24.1 Å². The molecular weight excluding hydrogens is 260 g/mol. The van der Waals surface area contributed by atoms with Crippen molar-refractivity contribution in [3.05, 3.63) is 70.8 Å². The summed E-state index contributed by atoms with van der Waals surface area (Å²) >= 11 is 0. The summed E-state index contributed by atoms with van der Waals surface area (Å²) in [6.07, 6.45) is 0.755. The molecular formula is C16H13F2NO. The number of nitrogens with zero attached hydrogens (tertiary/aromatic N) is 1. The third kappa shape index (κ3) is 2.29. The fourth-order valence-corrected chi connectivity index (χ4v) is 2.48. The van der Waals surface area contributed by atoms with E-state index in [9.17, 15) is 13.6 Å². The van der Waals surface area contributed by atoms with Crippen LogP contribution in [0, 0.1) is 11.6 Å². The fourth-order valence-electron chi connectivity index (χ4n) is 2.48. The Hall–Kier alpha value is -2.23. The molecule has 2 nitrogen and oxygen atoms in total. The Morgan fingerprint density at radius 3 is 2.70 bits per heavy atom. The van der Waals surface area contributed by atoms with Crippen molar-refractivity contribution < 1.29 is 13.6 Å². The van der Waals surface area contributed by atoms with Crippen molar-refractivity contribution in [3.63, 3.8) is 0 Å². The summed E-state index contributed by atoms with van der Waals surface area (Å²) in [6, 6.07) is 10.9. The van der Waals surface area contributed by atoms with Crippen LogP contribution in [0.25, 0.3) is 0 Å². The summed E-state index contributed by atoms with van der Waals surface area (Å²) in [6.45, 7) is 0.714. The first-order valence-electron chi connectivity index (χ1n) is 6.46. The van der Waals surface area contributed by atoms with E-state index in [4.69, 9.17) is 0 Å². The molecule has 0 aliphatic carbocycles. The van der Waals surface area contributed by atoms with Gasteiger partial charge in [0.15, 0.2) is 0 Å². The van der Waals surface area contributed by atoms with Gasteiger partial charge in [0.1, 0.15) is 11.6 Å². The van der Waals surface area contributed by atoms with Crippen LogP contribution in [0.1, 0.15) is 21.5 Å². The van der Waals surface area contributed by atoms with Crippen molar-refractivity contribution in [3.8, 4) is 0 Å². The van der Waals surface area contributed by atoms with Crippen molar-refractivity contribution in [2.75, 3.05) is 6.54 Å². The highest BCUT2D eigenvalue weighted by molar-refractivity contribution is 5.96. The number of fused-ring (bicyclic) bond motifs is 1. The molecule has 1 aliphatic heterocycles. The highest BCUT2D eigenvalue weighted by Gasteiger charge is 2.24. The van der Waals surface area contributed by atoms with Crippen LogP contribution in [-0.2, 0) is 13.0 Å². The Morgan fingerprint density at radius 1 is 1.10 bits per heavy atom. The topological polar surface area (TPSA) is 20.3 Å². The van der Waals surface area contributed by atoms with E-state index >= 15 is 0 Å². The van der Waals surface area contributed by atoms with Gasteiger partial charge < -0.3 is 4.90 Å². The van der Waals surface area contributed by atoms with Gasteiger partial charge in [0, 0.05) is 30.3 Å². The highest BCUT2D eigenvalue weighted by atomic mass is 19.1. The second kappa shape index (κ2) is 5.04. The number of hydrogen-bond donors (Lipinski definition) is 0. The number of hydrogen-bond acceptors (Lipinski definition) is 1. The quantitative estimate of drug-likeness (QED) is 0.823. The van der Waals surface area contributed by atoms with Gasteiger partial charge in [-0.25, -0.2) is 8.78 Å². The Balaban J connectivity index is 1.85. The Bertz CT molecular complexity index is 669. The Kier molecular flexibility index (Phi) is 3.22. The molecule has 0 aromatic heterocycles. The minimum atomic E-state index is -0.614. The van der Waals surface area contributed by atoms with Crippen LogP contribution in [0.15, 0.2) is 42.5 Å². The van der Waals surface area contributed by atoms with E-state index in [1.165, 1.54) is 12.1 Å². The molecule has 0 spiro atoms. The van der Waals surface area contributed by atoms with Crippen LogP contribution >= 0.6 is 0 Å². The molecule has 1 aliphatic rings. The Labute approximate surface area is 115 Å². The lowest BCUT2D eigenvalue weighted by molar-refractivity contribution is 0.0725. The molecule has 1 heterocycles. The van der Waals surface area contributed by atoms with Crippen molar-refractivity contribution in [2.45, 2.75) is 13.0 Å². The largest absolute Gasteiger partial charge is 0.334 e. The Morgan fingerprint density at radius 2 is 1.90 bits per heavy atom. The van der Waals surface area contributed by atoms with Crippen LogP contribution in [-0.4, -0.2) is 17.4 Å². The third-order valence-electron chi connectivity index (χ3n) is 3.56. The summed E-state index contributed by atoms with van der Waals surface area (Å²) in [4.78, 5) is 13.9. The van der Waals surface area contributed by atoms with E-state index < -0.39 is 11.6 Å². The number of carbonyl (C=O) groups excluding carboxylic acids is 1. The smallest absolute Gasteiger partial charge is 0.254 e. The maximum atomic E-state index is 13.7. The lowest BCUT2D eigenvalue weighted by Crippen LogP contribution is -2.37. The van der Waals surface area contributed by atoms with Gasteiger partial charge in [-0.15, -0.1) is 0 Å². The minimum Gasteiger partial charge on any atom is -0.334 e. The first-order chi connectivity index (χ1) is 9.65. The maximum Gasteiger partial charge on any atom is 0.254 e. The van der Waals surface area contributed by atoms with Gasteiger partial charge in [-0.3, -0.25) is 4.79 Å². The van der Waals surface area contributed by atoms with Gasteiger partial charge in [0.25, 0.3) is 5.91 Å². The van der Waals surface area contributed by atoms with E-state index in [2.05, 4.69) is 0 Å². The molecule has 0 saturated heterocycles. The zero-order chi connectivity index (χ0) is 14.1. The fraction of sp³-hybridized carbons (Fsp3) is 0.188. The first-order valence-corrected chi connectivity index (χ1v) is 6.46. The number of carbonyl (C=O) groups is 1. The van der Waals surface area contributed by atoms with Crippen LogP contribution < -0.4 is 0 Å². The van der Waals surface area contributed by atoms with E-state index in [1.54, 1.807) is 11.0 Å². The van der Waals surface area contributed by atoms with Gasteiger partial charge in [-0.2, -0.15) is 0 Å². The summed E-state index contributed by atoms with van der Waals surface area (Å²) in [5.74, 6) is -1.33. The van der Waals surface area contributed by atoms with Crippen LogP contribution in [0.4, 0.5) is 8.78 Å². The lowest BCUT2D eigenvalue weighted by atomic mass is 9.98. The lowest BCUT2D eigenvalue weighted by Gasteiger charge is -2.28. The molecule has 0 saturated carbocycles. The average Bonchev–Trinajstić information content (AvgIpc) is 2.45. The van der Waals surface area contributed by atoms with Gasteiger partial charge in [-0.1, -0.05) is 24.3 Å². The molecule has 0 atom stereocenters. The monoisotopic (exact) mass is 273 g/mol. The van der Waals surface area contributed by atoms with Gasteiger partial charge in [0.05, 0.1) is 0 Å². The second-order valence-corrected chi connectivity index (χ2v) is 4.87. The van der Waals surface area contributed by atoms with Crippen LogP contribution in [0.3, 0.4) is 0 Å². The molecule has 0 bridgehead atoms. The van der Waals surface area contributed by atoms with Crippen molar-refractivity contribution in [2.24, 2.45) is 0 Å². The third-order valence-corrected chi connectivity index (χ3v) is 3.56. The zero-order valence-corrected chi connectivity index (χ0v) is 10.8. The molecule has 2 aromatic rings. The molecule has 1 amide bonds. The minimum absolute atomic E-state index is 0.101. The second-order valence-electron chi connectivity index (χ2n) is 4.87. The van der Waals surface area contributed by atoms with Crippen molar-refractivity contribution in [1.82, 2.24) is 4.90 Å². The number of benzene rings is 2. The maximum absolute atomic E-state index is 13.7. The SMILES string of the molecule is O=C1c2ccccc2CCN1Cc1ccc(F)cc1F. The number of rotatable bonds is 2. The predicted molar refractivity (Wildman–Crippen MR) is 71.2 cm³/mol. The summed E-state index contributed by atoms with van der Waals surface area (Å²) in [5, 5.41) is 0. The number of halogens is 2. The molecule has 3 rings (SSSR count). The van der Waals surface area contributed by atoms with Crippen molar-refractivity contribution >= 4 is 5.91 Å². The normalized spacial score (nSPS) is 14.3.